The lowest BCUT2D eigenvalue weighted by atomic mass is 10.00. The minimum Gasteiger partial charge on any atom is -0.381 e. The quantitative estimate of drug-likeness (QED) is 0.779. The van der Waals surface area contributed by atoms with E-state index in [9.17, 15) is 8.42 Å². The fourth-order valence-electron chi connectivity index (χ4n) is 2.89. The Kier molecular flexibility index (Phi) is 5.62. The maximum atomic E-state index is 11.6. The van der Waals surface area contributed by atoms with Gasteiger partial charge in [-0.15, -0.1) is 0 Å². The Morgan fingerprint density at radius 3 is 2.74 bits per heavy atom. The third kappa shape index (κ3) is 5.38. The predicted octanol–water partition coefficient (Wildman–Crippen LogP) is 0.122. The van der Waals surface area contributed by atoms with Crippen molar-refractivity contribution in [2.75, 3.05) is 51.4 Å². The van der Waals surface area contributed by atoms with Crippen LogP contribution in [-0.4, -0.2) is 70.8 Å². The second-order valence-electron chi connectivity index (χ2n) is 5.87. The molecule has 0 aliphatic carbocycles. The van der Waals surface area contributed by atoms with Gasteiger partial charge in [0, 0.05) is 32.3 Å². The standard InChI is InChI=1S/C13H26N2O3S/c1-15(10-12-3-7-18-8-4-12)6-2-13-11-19(16,17)9-5-14-13/h12-14H,2-11H2,1H3. The van der Waals surface area contributed by atoms with Gasteiger partial charge in [0.15, 0.2) is 9.84 Å². The third-order valence-corrected chi connectivity index (χ3v) is 5.81. The molecule has 2 fully saturated rings. The molecule has 6 heteroatoms. The lowest BCUT2D eigenvalue weighted by Crippen LogP contribution is -2.46. The van der Waals surface area contributed by atoms with Crippen molar-refractivity contribution in [2.45, 2.75) is 25.3 Å². The van der Waals surface area contributed by atoms with Crippen molar-refractivity contribution in [1.82, 2.24) is 10.2 Å². The van der Waals surface area contributed by atoms with Crippen molar-refractivity contribution in [3.05, 3.63) is 0 Å². The van der Waals surface area contributed by atoms with Crippen LogP contribution in [0.1, 0.15) is 19.3 Å². The molecule has 0 spiro atoms. The summed E-state index contributed by atoms with van der Waals surface area (Å²) >= 11 is 0. The number of nitrogens with zero attached hydrogens (tertiary/aromatic N) is 1. The van der Waals surface area contributed by atoms with Crippen molar-refractivity contribution in [3.63, 3.8) is 0 Å². The molecule has 19 heavy (non-hydrogen) atoms. The van der Waals surface area contributed by atoms with Crippen molar-refractivity contribution < 1.29 is 13.2 Å². The molecule has 1 unspecified atom stereocenters. The SMILES string of the molecule is CN(CCC1CS(=O)(=O)CCN1)CC1CCOCC1. The fourth-order valence-corrected chi connectivity index (χ4v) is 4.38. The highest BCUT2D eigenvalue weighted by atomic mass is 32.2. The van der Waals surface area contributed by atoms with Gasteiger partial charge < -0.3 is 15.0 Å². The molecule has 0 bridgehead atoms. The van der Waals surface area contributed by atoms with E-state index in [0.717, 1.165) is 51.5 Å². The highest BCUT2D eigenvalue weighted by Crippen LogP contribution is 2.16. The van der Waals surface area contributed by atoms with Gasteiger partial charge in [-0.05, 0) is 38.8 Å². The molecule has 0 aromatic heterocycles. The van der Waals surface area contributed by atoms with Crippen LogP contribution in [0.25, 0.3) is 0 Å². The molecule has 0 radical (unpaired) electrons. The van der Waals surface area contributed by atoms with E-state index in [2.05, 4.69) is 17.3 Å². The Morgan fingerprint density at radius 1 is 1.32 bits per heavy atom. The van der Waals surface area contributed by atoms with Gasteiger partial charge in [0.25, 0.3) is 0 Å². The molecule has 2 aliphatic heterocycles. The van der Waals surface area contributed by atoms with E-state index in [1.807, 2.05) is 0 Å². The second-order valence-corrected chi connectivity index (χ2v) is 8.10. The van der Waals surface area contributed by atoms with Crippen LogP contribution in [0.4, 0.5) is 0 Å². The smallest absolute Gasteiger partial charge is 0.153 e. The van der Waals surface area contributed by atoms with E-state index in [-0.39, 0.29) is 6.04 Å². The Labute approximate surface area is 116 Å². The number of hydrogen-bond donors (Lipinski definition) is 1. The zero-order valence-corrected chi connectivity index (χ0v) is 12.6. The van der Waals surface area contributed by atoms with Crippen molar-refractivity contribution in [1.29, 1.82) is 0 Å². The highest BCUT2D eigenvalue weighted by molar-refractivity contribution is 7.91. The van der Waals surface area contributed by atoms with E-state index in [1.165, 1.54) is 0 Å². The first-order valence-corrected chi connectivity index (χ1v) is 9.07. The molecule has 2 aliphatic rings. The first kappa shape index (κ1) is 15.2. The Morgan fingerprint density at radius 2 is 2.05 bits per heavy atom. The van der Waals surface area contributed by atoms with Crippen molar-refractivity contribution in [2.24, 2.45) is 5.92 Å². The summed E-state index contributed by atoms with van der Waals surface area (Å²) in [5.41, 5.74) is 0. The number of hydrogen-bond acceptors (Lipinski definition) is 5. The van der Waals surface area contributed by atoms with Crippen molar-refractivity contribution >= 4 is 9.84 Å². The molecule has 112 valence electrons. The van der Waals surface area contributed by atoms with Crippen LogP contribution in [0.3, 0.4) is 0 Å². The average molecular weight is 290 g/mol. The molecule has 2 saturated heterocycles. The van der Waals surface area contributed by atoms with E-state index in [1.54, 1.807) is 0 Å². The summed E-state index contributed by atoms with van der Waals surface area (Å²) in [7, 11) is -0.673. The minimum atomic E-state index is -2.80. The van der Waals surface area contributed by atoms with Crippen LogP contribution in [0.2, 0.25) is 0 Å². The topological polar surface area (TPSA) is 58.6 Å². The maximum Gasteiger partial charge on any atom is 0.153 e. The lowest BCUT2D eigenvalue weighted by Gasteiger charge is -2.29. The molecule has 1 atom stereocenters. The van der Waals surface area contributed by atoms with Crippen LogP contribution < -0.4 is 5.32 Å². The van der Waals surface area contributed by atoms with Gasteiger partial charge >= 0.3 is 0 Å². The van der Waals surface area contributed by atoms with E-state index in [0.29, 0.717) is 18.1 Å². The third-order valence-electron chi connectivity index (χ3n) is 4.07. The Bertz CT molecular complexity index is 366. The van der Waals surface area contributed by atoms with Crippen molar-refractivity contribution in [3.8, 4) is 0 Å². The number of rotatable bonds is 5. The van der Waals surface area contributed by atoms with Gasteiger partial charge in [-0.2, -0.15) is 0 Å². The molecule has 0 aromatic carbocycles. The first-order valence-electron chi connectivity index (χ1n) is 7.25. The van der Waals surface area contributed by atoms with Gasteiger partial charge in [-0.3, -0.25) is 0 Å². The molecular formula is C13H26N2O3S. The predicted molar refractivity (Wildman–Crippen MR) is 76.1 cm³/mol. The van der Waals surface area contributed by atoms with Gasteiger partial charge in [0.1, 0.15) is 0 Å². The molecular weight excluding hydrogens is 264 g/mol. The number of ether oxygens (including phenoxy) is 1. The zero-order valence-electron chi connectivity index (χ0n) is 11.8. The summed E-state index contributed by atoms with van der Waals surface area (Å²) in [6.07, 6.45) is 3.22. The lowest BCUT2D eigenvalue weighted by molar-refractivity contribution is 0.0554. The first-order chi connectivity index (χ1) is 9.05. The van der Waals surface area contributed by atoms with Crippen LogP contribution >= 0.6 is 0 Å². The van der Waals surface area contributed by atoms with E-state index in [4.69, 9.17) is 4.74 Å². The zero-order chi connectivity index (χ0) is 13.7. The average Bonchev–Trinajstić information content (AvgIpc) is 2.36. The van der Waals surface area contributed by atoms with Crippen LogP contribution in [0, 0.1) is 5.92 Å². The van der Waals surface area contributed by atoms with Gasteiger partial charge in [0.2, 0.25) is 0 Å². The summed E-state index contributed by atoms with van der Waals surface area (Å²) in [6.45, 7) is 4.45. The maximum absolute atomic E-state index is 11.6. The molecule has 0 aromatic rings. The number of sulfone groups is 1. The molecule has 2 heterocycles. The molecule has 0 saturated carbocycles. The van der Waals surface area contributed by atoms with E-state index >= 15 is 0 Å². The summed E-state index contributed by atoms with van der Waals surface area (Å²) in [5, 5.41) is 3.31. The molecule has 1 N–H and O–H groups in total. The van der Waals surface area contributed by atoms with E-state index < -0.39 is 9.84 Å². The fraction of sp³-hybridized carbons (Fsp3) is 1.00. The summed E-state index contributed by atoms with van der Waals surface area (Å²) in [6, 6.07) is 0.135. The van der Waals surface area contributed by atoms with Crippen LogP contribution in [0.15, 0.2) is 0 Å². The highest BCUT2D eigenvalue weighted by Gasteiger charge is 2.24. The Balaban J connectivity index is 1.66. The normalized spacial score (nSPS) is 28.6. The van der Waals surface area contributed by atoms with Crippen LogP contribution in [0.5, 0.6) is 0 Å². The van der Waals surface area contributed by atoms with Crippen LogP contribution in [-0.2, 0) is 14.6 Å². The monoisotopic (exact) mass is 290 g/mol. The summed E-state index contributed by atoms with van der Waals surface area (Å²) in [4.78, 5) is 2.33. The largest absolute Gasteiger partial charge is 0.381 e. The molecule has 0 amide bonds. The number of nitrogens with one attached hydrogen (secondary N) is 1. The summed E-state index contributed by atoms with van der Waals surface area (Å²) in [5.74, 6) is 1.33. The van der Waals surface area contributed by atoms with Gasteiger partial charge in [-0.1, -0.05) is 0 Å². The Hall–Kier alpha value is -0.170. The van der Waals surface area contributed by atoms with Gasteiger partial charge in [0.05, 0.1) is 11.5 Å². The minimum absolute atomic E-state index is 0.135. The van der Waals surface area contributed by atoms with Gasteiger partial charge in [-0.25, -0.2) is 8.42 Å². The second kappa shape index (κ2) is 7.02. The summed E-state index contributed by atoms with van der Waals surface area (Å²) < 4.78 is 28.5. The molecule has 5 nitrogen and oxygen atoms in total. The molecule has 2 rings (SSSR count).